The molecule has 0 bridgehead atoms. The number of benzene rings is 2. The lowest BCUT2D eigenvalue weighted by molar-refractivity contribution is -0.117. The van der Waals surface area contributed by atoms with Crippen molar-refractivity contribution in [1.29, 1.82) is 0 Å². The minimum Gasteiger partial charge on any atom is -0.316 e. The SMILES string of the molecule is Cc1ccc(CC(=O)N=C2S[C@H]3CS(=O)(=O)C[C@H]3N2c2ccc(Cl)c(Cl)c2)cc1. The number of carbonyl (C=O) groups is 1. The fraction of sp³-hybridized carbons (Fsp3) is 0.300. The number of amidine groups is 1. The number of sulfone groups is 1. The molecule has 2 aromatic rings. The van der Waals surface area contributed by atoms with Crippen molar-refractivity contribution in [1.82, 2.24) is 0 Å². The average molecular weight is 469 g/mol. The van der Waals surface area contributed by atoms with Crippen LogP contribution in [0.3, 0.4) is 0 Å². The topological polar surface area (TPSA) is 66.8 Å². The molecule has 2 atom stereocenters. The van der Waals surface area contributed by atoms with Crippen molar-refractivity contribution < 1.29 is 13.2 Å². The number of halogens is 2. The predicted molar refractivity (Wildman–Crippen MR) is 120 cm³/mol. The maximum atomic E-state index is 12.6. The van der Waals surface area contributed by atoms with E-state index in [9.17, 15) is 13.2 Å². The van der Waals surface area contributed by atoms with Crippen LogP contribution in [0, 0.1) is 6.92 Å². The van der Waals surface area contributed by atoms with E-state index in [4.69, 9.17) is 23.2 Å². The van der Waals surface area contributed by atoms with Crippen molar-refractivity contribution in [2.75, 3.05) is 16.4 Å². The van der Waals surface area contributed by atoms with Gasteiger partial charge in [-0.15, -0.1) is 0 Å². The molecule has 0 spiro atoms. The fourth-order valence-electron chi connectivity index (χ4n) is 3.53. The molecule has 2 saturated heterocycles. The number of hydrogen-bond donors (Lipinski definition) is 0. The minimum absolute atomic E-state index is 0.0239. The normalized spacial score (nSPS) is 24.1. The highest BCUT2D eigenvalue weighted by atomic mass is 35.5. The number of hydrogen-bond acceptors (Lipinski definition) is 4. The Kier molecular flexibility index (Phi) is 5.68. The van der Waals surface area contributed by atoms with Gasteiger partial charge >= 0.3 is 0 Å². The Morgan fingerprint density at radius 3 is 2.55 bits per heavy atom. The summed E-state index contributed by atoms with van der Waals surface area (Å²) < 4.78 is 24.3. The van der Waals surface area contributed by atoms with Gasteiger partial charge in [-0.3, -0.25) is 4.79 Å². The summed E-state index contributed by atoms with van der Waals surface area (Å²) in [6.07, 6.45) is 0.188. The van der Waals surface area contributed by atoms with Crippen LogP contribution >= 0.6 is 35.0 Å². The largest absolute Gasteiger partial charge is 0.316 e. The van der Waals surface area contributed by atoms with Crippen LogP contribution in [0.5, 0.6) is 0 Å². The molecule has 152 valence electrons. The number of fused-ring (bicyclic) bond motifs is 1. The second kappa shape index (κ2) is 7.95. The summed E-state index contributed by atoms with van der Waals surface area (Å²) in [5.74, 6) is -0.175. The van der Waals surface area contributed by atoms with Gasteiger partial charge in [-0.2, -0.15) is 4.99 Å². The van der Waals surface area contributed by atoms with Crippen LogP contribution in [0.1, 0.15) is 11.1 Å². The van der Waals surface area contributed by atoms with Gasteiger partial charge in [0.05, 0.1) is 34.0 Å². The second-order valence-corrected chi connectivity index (χ2v) is 11.4. The summed E-state index contributed by atoms with van der Waals surface area (Å²) in [6.45, 7) is 1.99. The molecule has 2 heterocycles. The van der Waals surface area contributed by atoms with Gasteiger partial charge in [0.25, 0.3) is 5.91 Å². The van der Waals surface area contributed by atoms with Gasteiger partial charge in [0, 0.05) is 10.9 Å². The van der Waals surface area contributed by atoms with Crippen molar-refractivity contribution in [3.8, 4) is 0 Å². The summed E-state index contributed by atoms with van der Waals surface area (Å²) >= 11 is 13.5. The highest BCUT2D eigenvalue weighted by Gasteiger charge is 2.49. The molecule has 2 aliphatic rings. The Balaban J connectivity index is 1.65. The Hall–Kier alpha value is -1.54. The Bertz CT molecular complexity index is 1100. The zero-order chi connectivity index (χ0) is 20.8. The fourth-order valence-corrected chi connectivity index (χ4v) is 7.75. The van der Waals surface area contributed by atoms with E-state index in [2.05, 4.69) is 4.99 Å². The number of nitrogens with zero attached hydrogens (tertiary/aromatic N) is 2. The Morgan fingerprint density at radius 2 is 1.86 bits per heavy atom. The number of aryl methyl sites for hydroxylation is 1. The highest BCUT2D eigenvalue weighted by Crippen LogP contribution is 2.42. The molecule has 0 unspecified atom stereocenters. The molecule has 9 heteroatoms. The first-order valence-corrected chi connectivity index (χ1v) is 12.5. The van der Waals surface area contributed by atoms with E-state index in [0.717, 1.165) is 11.1 Å². The molecule has 0 N–H and O–H groups in total. The number of anilines is 1. The number of aliphatic imine (C=N–C) groups is 1. The molecule has 4 rings (SSSR count). The minimum atomic E-state index is -3.13. The van der Waals surface area contributed by atoms with Gasteiger partial charge in [-0.05, 0) is 30.7 Å². The molecule has 5 nitrogen and oxygen atoms in total. The smallest absolute Gasteiger partial charge is 0.252 e. The molecule has 2 aliphatic heterocycles. The third-order valence-electron chi connectivity index (χ3n) is 4.94. The number of carbonyl (C=O) groups excluding carboxylic acids is 1. The van der Waals surface area contributed by atoms with E-state index in [1.165, 1.54) is 11.8 Å². The van der Waals surface area contributed by atoms with Gasteiger partial charge < -0.3 is 4.90 Å². The molecule has 1 amide bonds. The molecular formula is C20H18Cl2N2O3S2. The van der Waals surface area contributed by atoms with Gasteiger partial charge in [-0.25, -0.2) is 8.42 Å². The van der Waals surface area contributed by atoms with Crippen LogP contribution in [0.15, 0.2) is 47.5 Å². The van der Waals surface area contributed by atoms with Crippen LogP contribution in [-0.2, 0) is 21.1 Å². The standard InChI is InChI=1S/C20H18Cl2N2O3S2/c1-12-2-4-13(5-3-12)8-19(25)23-20-24(14-6-7-15(21)16(22)9-14)17-10-29(26,27)11-18(17)28-20/h2-7,9,17-18H,8,10-11H2,1H3/t17-,18+/m1/s1. The van der Waals surface area contributed by atoms with E-state index in [1.807, 2.05) is 36.1 Å². The Labute approximate surface area is 184 Å². The summed E-state index contributed by atoms with van der Waals surface area (Å²) in [5, 5.41) is 1.11. The van der Waals surface area contributed by atoms with E-state index in [1.54, 1.807) is 18.2 Å². The molecule has 29 heavy (non-hydrogen) atoms. The lowest BCUT2D eigenvalue weighted by Gasteiger charge is -2.24. The van der Waals surface area contributed by atoms with E-state index in [0.29, 0.717) is 20.9 Å². The van der Waals surface area contributed by atoms with E-state index in [-0.39, 0.29) is 35.1 Å². The number of amides is 1. The maximum Gasteiger partial charge on any atom is 0.252 e. The van der Waals surface area contributed by atoms with Crippen LogP contribution in [0.25, 0.3) is 0 Å². The first-order valence-electron chi connectivity index (χ1n) is 9.00. The second-order valence-electron chi connectivity index (χ2n) is 7.22. The summed E-state index contributed by atoms with van der Waals surface area (Å²) in [7, 11) is -3.13. The first kappa shape index (κ1) is 20.7. The molecule has 2 aromatic carbocycles. The molecular weight excluding hydrogens is 451 g/mol. The Morgan fingerprint density at radius 1 is 1.14 bits per heavy atom. The van der Waals surface area contributed by atoms with Crippen molar-refractivity contribution in [3.05, 3.63) is 63.6 Å². The van der Waals surface area contributed by atoms with E-state index < -0.39 is 9.84 Å². The highest BCUT2D eigenvalue weighted by molar-refractivity contribution is 8.16. The van der Waals surface area contributed by atoms with Gasteiger partial charge in [0.2, 0.25) is 0 Å². The number of rotatable bonds is 3. The maximum absolute atomic E-state index is 12.6. The quantitative estimate of drug-likeness (QED) is 0.676. The van der Waals surface area contributed by atoms with Gasteiger partial charge in [0.1, 0.15) is 0 Å². The summed E-state index contributed by atoms with van der Waals surface area (Å²) in [4.78, 5) is 18.7. The third-order valence-corrected chi connectivity index (χ3v) is 8.89. The summed E-state index contributed by atoms with van der Waals surface area (Å²) in [5.41, 5.74) is 2.69. The predicted octanol–water partition coefficient (Wildman–Crippen LogP) is 4.15. The van der Waals surface area contributed by atoms with Crippen molar-refractivity contribution >= 4 is 61.6 Å². The average Bonchev–Trinajstić information content (AvgIpc) is 3.10. The van der Waals surface area contributed by atoms with Crippen LogP contribution in [0.2, 0.25) is 10.0 Å². The molecule has 0 saturated carbocycles. The van der Waals surface area contributed by atoms with Crippen LogP contribution in [-0.4, -0.2) is 42.3 Å². The molecule has 0 aromatic heterocycles. The zero-order valence-electron chi connectivity index (χ0n) is 15.5. The third kappa shape index (κ3) is 4.48. The molecule has 0 aliphatic carbocycles. The first-order chi connectivity index (χ1) is 13.7. The van der Waals surface area contributed by atoms with Gasteiger partial charge in [-0.1, -0.05) is 64.8 Å². The van der Waals surface area contributed by atoms with Crippen molar-refractivity contribution in [2.45, 2.75) is 24.6 Å². The van der Waals surface area contributed by atoms with Crippen LogP contribution in [0.4, 0.5) is 5.69 Å². The number of thioether (sulfide) groups is 1. The molecule has 0 radical (unpaired) electrons. The summed E-state index contributed by atoms with van der Waals surface area (Å²) in [6, 6.07) is 12.6. The van der Waals surface area contributed by atoms with Crippen molar-refractivity contribution in [2.24, 2.45) is 4.99 Å². The zero-order valence-corrected chi connectivity index (χ0v) is 18.7. The lowest BCUT2D eigenvalue weighted by atomic mass is 10.1. The monoisotopic (exact) mass is 468 g/mol. The van der Waals surface area contributed by atoms with Gasteiger partial charge in [0.15, 0.2) is 15.0 Å². The van der Waals surface area contributed by atoms with Crippen molar-refractivity contribution in [3.63, 3.8) is 0 Å². The van der Waals surface area contributed by atoms with E-state index >= 15 is 0 Å². The molecule has 2 fully saturated rings. The van der Waals surface area contributed by atoms with Crippen LogP contribution < -0.4 is 4.90 Å². The lowest BCUT2D eigenvalue weighted by Crippen LogP contribution is -2.37.